The molecule has 2 aliphatic rings. The van der Waals surface area contributed by atoms with Gasteiger partial charge in [-0.25, -0.2) is 4.79 Å². The van der Waals surface area contributed by atoms with E-state index in [0.29, 0.717) is 12.8 Å². The molecule has 2 saturated carbocycles. The van der Waals surface area contributed by atoms with Crippen LogP contribution in [0, 0.1) is 0 Å². The van der Waals surface area contributed by atoms with E-state index in [2.05, 4.69) is 0 Å². The Morgan fingerprint density at radius 1 is 1.19 bits per heavy atom. The minimum Gasteiger partial charge on any atom is -0.479 e. The zero-order valence-electron chi connectivity index (χ0n) is 9.52. The molecule has 4 nitrogen and oxygen atoms in total. The number of carboxylic acids is 1. The molecule has 0 bridgehead atoms. The van der Waals surface area contributed by atoms with Crippen molar-refractivity contribution in [1.29, 1.82) is 0 Å². The van der Waals surface area contributed by atoms with Crippen LogP contribution in [0.1, 0.15) is 51.4 Å². The minimum atomic E-state index is -0.903. The van der Waals surface area contributed by atoms with E-state index in [-0.39, 0.29) is 6.04 Å². The Bertz CT molecular complexity index is 278. The summed E-state index contributed by atoms with van der Waals surface area (Å²) in [5.41, 5.74) is -0.903. The molecule has 0 aliphatic heterocycles. The lowest BCUT2D eigenvalue weighted by atomic mass is 9.88. The smallest absolute Gasteiger partial charge is 0.329 e. The number of nitrogens with zero attached hydrogens (tertiary/aromatic N) is 1. The molecule has 0 aromatic heterocycles. The second kappa shape index (κ2) is 4.44. The van der Waals surface area contributed by atoms with Gasteiger partial charge in [0.1, 0.15) is 5.54 Å². The zero-order chi connectivity index (χ0) is 11.6. The summed E-state index contributed by atoms with van der Waals surface area (Å²) in [7, 11) is 0. The third-order valence-electron chi connectivity index (χ3n) is 3.88. The number of carboxylic acid groups (broad SMARTS) is 1. The van der Waals surface area contributed by atoms with Crippen molar-refractivity contribution in [3.8, 4) is 0 Å². The Balaban J connectivity index is 2.23. The molecule has 0 heterocycles. The summed E-state index contributed by atoms with van der Waals surface area (Å²) in [6.07, 6.45) is 7.96. The van der Waals surface area contributed by atoms with Gasteiger partial charge in [0.25, 0.3) is 0 Å². The molecule has 0 radical (unpaired) electrons. The van der Waals surface area contributed by atoms with Crippen molar-refractivity contribution in [2.75, 3.05) is 0 Å². The van der Waals surface area contributed by atoms with Gasteiger partial charge in [0, 0.05) is 6.04 Å². The van der Waals surface area contributed by atoms with Crippen LogP contribution in [-0.4, -0.2) is 34.0 Å². The number of rotatable bonds is 4. The summed E-state index contributed by atoms with van der Waals surface area (Å²) in [5, 5.41) is 9.49. The van der Waals surface area contributed by atoms with Crippen molar-refractivity contribution in [2.24, 2.45) is 0 Å². The predicted molar refractivity (Wildman–Crippen MR) is 59.0 cm³/mol. The number of carbonyl (C=O) groups is 2. The summed E-state index contributed by atoms with van der Waals surface area (Å²) in [5.74, 6) is -0.812. The maximum Gasteiger partial charge on any atom is 0.329 e. The summed E-state index contributed by atoms with van der Waals surface area (Å²) >= 11 is 0. The first kappa shape index (κ1) is 11.4. The molecule has 0 atom stereocenters. The van der Waals surface area contributed by atoms with Gasteiger partial charge in [-0.15, -0.1) is 0 Å². The van der Waals surface area contributed by atoms with Gasteiger partial charge in [-0.05, 0) is 25.7 Å². The first-order chi connectivity index (χ1) is 7.70. The SMILES string of the molecule is O=CN(C1CC1)C1(C(=O)O)CCCCCC1. The van der Waals surface area contributed by atoms with E-state index in [1.807, 2.05) is 0 Å². The lowest BCUT2D eigenvalue weighted by Gasteiger charge is -2.38. The van der Waals surface area contributed by atoms with Crippen molar-refractivity contribution in [3.63, 3.8) is 0 Å². The molecule has 0 saturated heterocycles. The van der Waals surface area contributed by atoms with Crippen molar-refractivity contribution in [3.05, 3.63) is 0 Å². The Morgan fingerprint density at radius 3 is 2.12 bits per heavy atom. The van der Waals surface area contributed by atoms with Gasteiger partial charge in [-0.1, -0.05) is 25.7 Å². The fourth-order valence-corrected chi connectivity index (χ4v) is 2.79. The summed E-state index contributed by atoms with van der Waals surface area (Å²) in [6.45, 7) is 0. The van der Waals surface area contributed by atoms with Crippen LogP contribution in [0.3, 0.4) is 0 Å². The third kappa shape index (κ3) is 1.93. The first-order valence-corrected chi connectivity index (χ1v) is 6.18. The van der Waals surface area contributed by atoms with E-state index in [1.54, 1.807) is 4.90 Å². The monoisotopic (exact) mass is 225 g/mol. The van der Waals surface area contributed by atoms with Gasteiger partial charge in [0.2, 0.25) is 6.41 Å². The predicted octanol–water partition coefficient (Wildman–Crippen LogP) is 1.78. The highest BCUT2D eigenvalue weighted by molar-refractivity contribution is 5.81. The van der Waals surface area contributed by atoms with Gasteiger partial charge in [0.15, 0.2) is 0 Å². The molecule has 1 amide bonds. The molecule has 4 heteroatoms. The second-order valence-electron chi connectivity index (χ2n) is 4.99. The van der Waals surface area contributed by atoms with Gasteiger partial charge >= 0.3 is 5.97 Å². The molecular weight excluding hydrogens is 206 g/mol. The Labute approximate surface area is 95.6 Å². The van der Waals surface area contributed by atoms with Gasteiger partial charge in [0.05, 0.1) is 0 Å². The Morgan fingerprint density at radius 2 is 1.75 bits per heavy atom. The molecule has 0 unspecified atom stereocenters. The lowest BCUT2D eigenvalue weighted by molar-refractivity contribution is -0.157. The van der Waals surface area contributed by atoms with Crippen LogP contribution in [0.5, 0.6) is 0 Å². The van der Waals surface area contributed by atoms with Crippen LogP contribution in [0.25, 0.3) is 0 Å². The number of hydrogen-bond acceptors (Lipinski definition) is 2. The van der Waals surface area contributed by atoms with E-state index in [4.69, 9.17) is 0 Å². The molecule has 2 rings (SSSR count). The third-order valence-corrected chi connectivity index (χ3v) is 3.88. The molecule has 0 aromatic carbocycles. The number of aliphatic carboxylic acids is 1. The van der Waals surface area contributed by atoms with E-state index >= 15 is 0 Å². The normalized spacial score (nSPS) is 24.5. The molecule has 1 N–H and O–H groups in total. The molecular formula is C12H19NO3. The minimum absolute atomic E-state index is 0.187. The number of hydrogen-bond donors (Lipinski definition) is 1. The number of carbonyl (C=O) groups excluding carboxylic acids is 1. The summed E-state index contributed by atoms with van der Waals surface area (Å²) < 4.78 is 0. The molecule has 0 spiro atoms. The Hall–Kier alpha value is -1.06. The van der Waals surface area contributed by atoms with E-state index in [0.717, 1.165) is 44.9 Å². The topological polar surface area (TPSA) is 57.6 Å². The molecule has 90 valence electrons. The molecule has 2 fully saturated rings. The number of amides is 1. The van der Waals surface area contributed by atoms with Crippen molar-refractivity contribution in [1.82, 2.24) is 4.90 Å². The molecule has 2 aliphatic carbocycles. The Kier molecular flexibility index (Phi) is 3.17. The van der Waals surface area contributed by atoms with Gasteiger partial charge in [-0.3, -0.25) is 4.79 Å². The van der Waals surface area contributed by atoms with Crippen LogP contribution in [0.2, 0.25) is 0 Å². The van der Waals surface area contributed by atoms with Gasteiger partial charge < -0.3 is 10.0 Å². The van der Waals surface area contributed by atoms with Crippen molar-refractivity contribution >= 4 is 12.4 Å². The van der Waals surface area contributed by atoms with E-state index in [9.17, 15) is 14.7 Å². The van der Waals surface area contributed by atoms with Crippen molar-refractivity contribution in [2.45, 2.75) is 62.9 Å². The van der Waals surface area contributed by atoms with Crippen molar-refractivity contribution < 1.29 is 14.7 Å². The van der Waals surface area contributed by atoms with Crippen LogP contribution in [-0.2, 0) is 9.59 Å². The summed E-state index contributed by atoms with van der Waals surface area (Å²) in [4.78, 5) is 24.3. The van der Waals surface area contributed by atoms with Gasteiger partial charge in [-0.2, -0.15) is 0 Å². The van der Waals surface area contributed by atoms with Crippen LogP contribution < -0.4 is 0 Å². The highest BCUT2D eigenvalue weighted by Gasteiger charge is 2.48. The molecule has 16 heavy (non-hydrogen) atoms. The highest BCUT2D eigenvalue weighted by Crippen LogP contribution is 2.39. The standard InChI is InChI=1S/C12H19NO3/c14-9-13(10-5-6-10)12(11(15)16)7-3-1-2-4-8-12/h9-10H,1-8H2,(H,15,16). The average molecular weight is 225 g/mol. The second-order valence-corrected chi connectivity index (χ2v) is 4.99. The average Bonchev–Trinajstić information content (AvgIpc) is 3.05. The van der Waals surface area contributed by atoms with Crippen LogP contribution in [0.15, 0.2) is 0 Å². The van der Waals surface area contributed by atoms with E-state index < -0.39 is 11.5 Å². The lowest BCUT2D eigenvalue weighted by Crippen LogP contribution is -2.54. The van der Waals surface area contributed by atoms with Crippen LogP contribution >= 0.6 is 0 Å². The van der Waals surface area contributed by atoms with Crippen LogP contribution in [0.4, 0.5) is 0 Å². The quantitative estimate of drug-likeness (QED) is 0.586. The van der Waals surface area contributed by atoms with E-state index in [1.165, 1.54) is 0 Å². The molecule has 0 aromatic rings. The zero-order valence-corrected chi connectivity index (χ0v) is 9.52. The fraction of sp³-hybridized carbons (Fsp3) is 0.833. The largest absolute Gasteiger partial charge is 0.479 e. The maximum atomic E-state index is 11.6. The summed E-state index contributed by atoms with van der Waals surface area (Å²) in [6, 6.07) is 0.187. The fourth-order valence-electron chi connectivity index (χ4n) is 2.79. The first-order valence-electron chi connectivity index (χ1n) is 6.18. The highest BCUT2D eigenvalue weighted by atomic mass is 16.4. The maximum absolute atomic E-state index is 11.6.